The number of carbonyl (C=O) groups is 2. The van der Waals surface area contributed by atoms with Crippen LogP contribution >= 0.6 is 0 Å². The van der Waals surface area contributed by atoms with E-state index < -0.39 is 67.4 Å². The standard InChI is InChI=1S/C24H29NO11/c1-2-14-15(6-5-13-4-3-8-25(10-13)9-7-18(27)28)16(22(32)33)12-34-23(14)36-24-21(31)20(30)19(29)17(11-26)35-24/h2-6,8,10,12,14-15,17,19-21,23-24,26,29-31H,1,7,9,11H2,(H-,27,28,32,33)/b6-5+/t14-,15+,17-,19-,20+,21-,23+,24+/m1/s1. The van der Waals surface area contributed by atoms with Crippen molar-refractivity contribution in [3.8, 4) is 0 Å². The Morgan fingerprint density at radius 3 is 2.58 bits per heavy atom. The molecule has 1 aromatic heterocycles. The number of allylic oxidation sites excluding steroid dienone is 1. The summed E-state index contributed by atoms with van der Waals surface area (Å²) in [5.74, 6) is -4.07. The lowest BCUT2D eigenvalue weighted by atomic mass is 9.83. The van der Waals surface area contributed by atoms with Crippen LogP contribution in [-0.2, 0) is 30.3 Å². The Kier molecular flexibility index (Phi) is 9.31. The molecule has 3 rings (SSSR count). The summed E-state index contributed by atoms with van der Waals surface area (Å²) in [6.45, 7) is 3.34. The van der Waals surface area contributed by atoms with Crippen molar-refractivity contribution in [2.24, 2.45) is 11.8 Å². The van der Waals surface area contributed by atoms with Crippen molar-refractivity contribution >= 4 is 18.0 Å². The van der Waals surface area contributed by atoms with Crippen LogP contribution in [0.2, 0.25) is 0 Å². The summed E-state index contributed by atoms with van der Waals surface area (Å²) in [6.07, 6.45) is 0.0970. The molecule has 0 saturated carbocycles. The van der Waals surface area contributed by atoms with Gasteiger partial charge in [0.05, 0.1) is 18.8 Å². The van der Waals surface area contributed by atoms with Gasteiger partial charge in [0.15, 0.2) is 25.2 Å². The molecule has 0 aromatic carbocycles. The van der Waals surface area contributed by atoms with Crippen LogP contribution in [0.15, 0.2) is 55.1 Å². The van der Waals surface area contributed by atoms with Gasteiger partial charge in [0.25, 0.3) is 0 Å². The van der Waals surface area contributed by atoms with Crippen molar-refractivity contribution in [2.75, 3.05) is 6.61 Å². The van der Waals surface area contributed by atoms with E-state index in [0.717, 1.165) is 6.26 Å². The number of nitrogens with zero attached hydrogens (tertiary/aromatic N) is 1. The van der Waals surface area contributed by atoms with Crippen molar-refractivity contribution in [1.29, 1.82) is 0 Å². The highest BCUT2D eigenvalue weighted by Crippen LogP contribution is 2.35. The predicted molar refractivity (Wildman–Crippen MR) is 118 cm³/mol. The molecule has 1 fully saturated rings. The number of carboxylic acids is 2. The minimum absolute atomic E-state index is 0.0646. The fraction of sp³-hybridized carbons (Fsp3) is 0.458. The first kappa shape index (κ1) is 27.5. The van der Waals surface area contributed by atoms with Gasteiger partial charge in [0, 0.05) is 29.0 Å². The molecule has 8 atom stereocenters. The lowest BCUT2D eigenvalue weighted by Crippen LogP contribution is -2.60. The number of hydrogen-bond acceptors (Lipinski definition) is 10. The van der Waals surface area contributed by atoms with Crippen LogP contribution in [0.5, 0.6) is 0 Å². The third-order valence-corrected chi connectivity index (χ3v) is 6.00. The Hall–Kier alpha value is -3.13. The highest BCUT2D eigenvalue weighted by molar-refractivity contribution is 5.86. The molecule has 0 unspecified atom stereocenters. The molecular formula is C24H29NO11. The molecule has 2 aliphatic rings. The first-order valence-electron chi connectivity index (χ1n) is 11.2. The van der Waals surface area contributed by atoms with Crippen LogP contribution in [0.4, 0.5) is 0 Å². The highest BCUT2D eigenvalue weighted by Gasteiger charge is 2.46. The molecule has 0 radical (unpaired) electrons. The maximum absolute atomic E-state index is 11.8. The largest absolute Gasteiger partial charge is 0.545 e. The lowest BCUT2D eigenvalue weighted by molar-refractivity contribution is -0.696. The summed E-state index contributed by atoms with van der Waals surface area (Å²) in [5.41, 5.74) is 0.473. The number of aliphatic hydroxyl groups is 4. The third kappa shape index (κ3) is 6.35. The Labute approximate surface area is 206 Å². The minimum Gasteiger partial charge on any atom is -0.545 e. The third-order valence-electron chi connectivity index (χ3n) is 6.00. The first-order valence-corrected chi connectivity index (χ1v) is 11.2. The zero-order valence-corrected chi connectivity index (χ0v) is 19.2. The Morgan fingerprint density at radius 2 is 1.94 bits per heavy atom. The van der Waals surface area contributed by atoms with E-state index in [4.69, 9.17) is 19.3 Å². The van der Waals surface area contributed by atoms with E-state index in [1.165, 1.54) is 6.08 Å². The van der Waals surface area contributed by atoms with Gasteiger partial charge >= 0.3 is 5.97 Å². The van der Waals surface area contributed by atoms with Crippen LogP contribution in [0.3, 0.4) is 0 Å². The predicted octanol–water partition coefficient (Wildman–Crippen LogP) is -2.31. The second-order valence-electron chi connectivity index (χ2n) is 8.42. The number of rotatable bonds is 10. The fourth-order valence-corrected chi connectivity index (χ4v) is 4.01. The molecule has 12 heteroatoms. The number of carboxylic acid groups (broad SMARTS) is 2. The summed E-state index contributed by atoms with van der Waals surface area (Å²) >= 11 is 0. The molecule has 2 aliphatic heterocycles. The molecule has 5 N–H and O–H groups in total. The quantitative estimate of drug-likeness (QED) is 0.169. The van der Waals surface area contributed by atoms with Crippen molar-refractivity contribution in [3.63, 3.8) is 0 Å². The van der Waals surface area contributed by atoms with E-state index in [9.17, 15) is 35.1 Å². The van der Waals surface area contributed by atoms with Crippen molar-refractivity contribution in [3.05, 3.63) is 60.7 Å². The Morgan fingerprint density at radius 1 is 1.19 bits per heavy atom. The van der Waals surface area contributed by atoms with Gasteiger partial charge in [-0.2, -0.15) is 0 Å². The molecule has 3 heterocycles. The van der Waals surface area contributed by atoms with E-state index in [0.29, 0.717) is 5.56 Å². The second-order valence-corrected chi connectivity index (χ2v) is 8.42. The van der Waals surface area contributed by atoms with Crippen molar-refractivity contribution < 1.29 is 59.0 Å². The van der Waals surface area contributed by atoms with Gasteiger partial charge in [-0.05, 0) is 6.07 Å². The molecule has 1 aromatic rings. The molecule has 12 nitrogen and oxygen atoms in total. The van der Waals surface area contributed by atoms with Gasteiger partial charge < -0.3 is 49.6 Å². The monoisotopic (exact) mass is 507 g/mol. The molecule has 0 amide bonds. The summed E-state index contributed by atoms with van der Waals surface area (Å²) in [4.78, 5) is 22.6. The molecule has 1 saturated heterocycles. The second kappa shape index (κ2) is 12.2. The summed E-state index contributed by atoms with van der Waals surface area (Å²) in [5, 5.41) is 60.3. The Balaban J connectivity index is 1.82. The van der Waals surface area contributed by atoms with Crippen molar-refractivity contribution in [1.82, 2.24) is 0 Å². The van der Waals surface area contributed by atoms with Crippen molar-refractivity contribution in [2.45, 2.75) is 50.0 Å². The molecule has 36 heavy (non-hydrogen) atoms. The number of carbonyl (C=O) groups excluding carboxylic acids is 1. The van der Waals surface area contributed by atoms with E-state index in [1.54, 1.807) is 41.2 Å². The smallest absolute Gasteiger partial charge is 0.309 e. The van der Waals surface area contributed by atoms with Gasteiger partial charge in [0.2, 0.25) is 6.29 Å². The summed E-state index contributed by atoms with van der Waals surface area (Å²) in [7, 11) is 0. The summed E-state index contributed by atoms with van der Waals surface area (Å²) < 4.78 is 18.2. The van der Waals surface area contributed by atoms with Crippen LogP contribution in [0, 0.1) is 11.8 Å². The SMILES string of the molecule is C=C[C@H]1[C@H](O[C@@H]2O[C@H](CO)[C@@H](O)[C@H](O)[C@H]2O)OC=C(C(=O)[O-])[C@H]1/C=C/c1ccc[n+](CCC(=O)O)c1. The number of aliphatic carboxylic acids is 2. The normalized spacial score (nSPS) is 32.5. The summed E-state index contributed by atoms with van der Waals surface area (Å²) in [6, 6.07) is 3.47. The van der Waals surface area contributed by atoms with E-state index in [-0.39, 0.29) is 18.5 Å². The van der Waals surface area contributed by atoms with Gasteiger partial charge in [-0.25, -0.2) is 4.57 Å². The average Bonchev–Trinajstić information content (AvgIpc) is 2.86. The van der Waals surface area contributed by atoms with E-state index in [2.05, 4.69) is 6.58 Å². The highest BCUT2D eigenvalue weighted by atomic mass is 16.8. The van der Waals surface area contributed by atoms with Gasteiger partial charge in [-0.15, -0.1) is 6.58 Å². The van der Waals surface area contributed by atoms with Crippen LogP contribution in [0.25, 0.3) is 6.08 Å². The van der Waals surface area contributed by atoms with Crippen LogP contribution in [0.1, 0.15) is 12.0 Å². The zero-order chi connectivity index (χ0) is 26.4. The molecule has 0 aliphatic carbocycles. The average molecular weight is 507 g/mol. The lowest BCUT2D eigenvalue weighted by Gasteiger charge is -2.43. The number of aliphatic hydroxyl groups excluding tert-OH is 4. The topological polar surface area (TPSA) is 190 Å². The molecule has 0 bridgehead atoms. The fourth-order valence-electron chi connectivity index (χ4n) is 4.01. The first-order chi connectivity index (χ1) is 17.2. The van der Waals surface area contributed by atoms with Crippen LogP contribution in [-0.4, -0.2) is 81.1 Å². The van der Waals surface area contributed by atoms with Gasteiger partial charge in [0.1, 0.15) is 30.8 Å². The van der Waals surface area contributed by atoms with E-state index in [1.807, 2.05) is 0 Å². The number of aromatic nitrogens is 1. The minimum atomic E-state index is -1.68. The number of aryl methyl sites for hydroxylation is 1. The zero-order valence-electron chi connectivity index (χ0n) is 19.2. The maximum Gasteiger partial charge on any atom is 0.309 e. The molecule has 196 valence electrons. The molecular weight excluding hydrogens is 478 g/mol. The maximum atomic E-state index is 11.8. The van der Waals surface area contributed by atoms with Crippen LogP contribution < -0.4 is 9.67 Å². The van der Waals surface area contributed by atoms with E-state index >= 15 is 0 Å². The number of pyridine rings is 1. The Bertz CT molecular complexity index is 1010. The molecule has 0 spiro atoms. The van der Waals surface area contributed by atoms with Gasteiger partial charge in [-0.3, -0.25) is 4.79 Å². The number of hydrogen-bond donors (Lipinski definition) is 5. The number of ether oxygens (including phenoxy) is 3. The van der Waals surface area contributed by atoms with Gasteiger partial charge in [-0.1, -0.05) is 18.2 Å².